The van der Waals surface area contributed by atoms with Crippen LogP contribution >= 0.6 is 0 Å². The van der Waals surface area contributed by atoms with Gasteiger partial charge >= 0.3 is 5.97 Å². The number of carbonyl (C=O) groups excluding carboxylic acids is 1. The Kier molecular flexibility index (Phi) is 4.42. The highest BCUT2D eigenvalue weighted by Crippen LogP contribution is 2.31. The Morgan fingerprint density at radius 3 is 2.72 bits per heavy atom. The number of aliphatic carboxylic acids is 1. The van der Waals surface area contributed by atoms with Gasteiger partial charge < -0.3 is 20.3 Å². The molecule has 8 nitrogen and oxygen atoms in total. The highest BCUT2D eigenvalue weighted by molar-refractivity contribution is 6.02. The van der Waals surface area contributed by atoms with Crippen molar-refractivity contribution in [2.45, 2.75) is 0 Å². The van der Waals surface area contributed by atoms with Crippen LogP contribution in [0, 0.1) is 0 Å². The summed E-state index contributed by atoms with van der Waals surface area (Å²) >= 11 is 0. The van der Waals surface area contributed by atoms with E-state index in [9.17, 15) is 14.7 Å². The van der Waals surface area contributed by atoms with Gasteiger partial charge in [-0.1, -0.05) is 0 Å². The zero-order valence-corrected chi connectivity index (χ0v) is 12.8. The Balaban J connectivity index is 1.88. The van der Waals surface area contributed by atoms with Crippen molar-refractivity contribution < 1.29 is 24.5 Å². The number of aromatic hydroxyl groups is 1. The van der Waals surface area contributed by atoms with E-state index in [0.717, 1.165) is 0 Å². The first-order valence-electron chi connectivity index (χ1n) is 7.24. The lowest BCUT2D eigenvalue weighted by Gasteiger charge is -2.09. The highest BCUT2D eigenvalue weighted by atomic mass is 16.5. The molecule has 8 heteroatoms. The third-order valence-electron chi connectivity index (χ3n) is 3.32. The maximum absolute atomic E-state index is 11.9. The predicted octanol–water partition coefficient (Wildman–Crippen LogP) is 1.94. The molecule has 2 aromatic heterocycles. The fourth-order valence-corrected chi connectivity index (χ4v) is 2.20. The average Bonchev–Trinajstić information content (AvgIpc) is 2.61. The number of aromatic nitrogens is 2. The normalized spacial score (nSPS) is 10.4. The number of ether oxygens (including phenoxy) is 1. The molecule has 0 aliphatic rings. The van der Waals surface area contributed by atoms with Gasteiger partial charge in [0.25, 0.3) is 5.91 Å². The van der Waals surface area contributed by atoms with Crippen LogP contribution in [0.5, 0.6) is 17.2 Å². The van der Waals surface area contributed by atoms with Crippen LogP contribution in [0.4, 0.5) is 0 Å². The van der Waals surface area contributed by atoms with Crippen LogP contribution in [-0.4, -0.2) is 38.6 Å². The molecule has 0 saturated heterocycles. The van der Waals surface area contributed by atoms with E-state index in [1.807, 2.05) is 0 Å². The van der Waals surface area contributed by atoms with Gasteiger partial charge in [-0.05, 0) is 30.3 Å². The number of hydrogen-bond donors (Lipinski definition) is 3. The van der Waals surface area contributed by atoms with Crippen molar-refractivity contribution in [2.75, 3.05) is 6.54 Å². The van der Waals surface area contributed by atoms with Crippen LogP contribution in [-0.2, 0) is 4.79 Å². The summed E-state index contributed by atoms with van der Waals surface area (Å²) in [6.07, 6.45) is 4.60. The van der Waals surface area contributed by atoms with Crippen molar-refractivity contribution in [3.05, 3.63) is 54.6 Å². The molecule has 0 bridgehead atoms. The third-order valence-corrected chi connectivity index (χ3v) is 3.32. The van der Waals surface area contributed by atoms with Crippen LogP contribution in [0.25, 0.3) is 10.8 Å². The van der Waals surface area contributed by atoms with Crippen LogP contribution in [0.3, 0.4) is 0 Å². The Bertz CT molecular complexity index is 944. The van der Waals surface area contributed by atoms with E-state index in [1.54, 1.807) is 42.7 Å². The van der Waals surface area contributed by atoms with E-state index in [1.165, 1.54) is 6.20 Å². The summed E-state index contributed by atoms with van der Waals surface area (Å²) in [5, 5.41) is 21.9. The molecule has 0 unspecified atom stereocenters. The van der Waals surface area contributed by atoms with Crippen molar-refractivity contribution in [3.63, 3.8) is 0 Å². The molecule has 0 aliphatic carbocycles. The summed E-state index contributed by atoms with van der Waals surface area (Å²) in [5.41, 5.74) is -0.241. The van der Waals surface area contributed by atoms with Gasteiger partial charge in [0, 0.05) is 23.2 Å². The minimum Gasteiger partial charge on any atom is -0.505 e. The molecule has 1 amide bonds. The second-order valence-corrected chi connectivity index (χ2v) is 5.07. The van der Waals surface area contributed by atoms with Gasteiger partial charge in [0.1, 0.15) is 18.0 Å². The Morgan fingerprint density at radius 2 is 2.00 bits per heavy atom. The topological polar surface area (TPSA) is 122 Å². The molecule has 0 spiro atoms. The number of amides is 1. The molecule has 0 radical (unpaired) electrons. The molecule has 25 heavy (non-hydrogen) atoms. The first kappa shape index (κ1) is 16.2. The van der Waals surface area contributed by atoms with Gasteiger partial charge in [-0.25, -0.2) is 4.98 Å². The van der Waals surface area contributed by atoms with E-state index in [4.69, 9.17) is 9.84 Å². The number of hydrogen-bond acceptors (Lipinski definition) is 6. The third kappa shape index (κ3) is 3.63. The smallest absolute Gasteiger partial charge is 0.322 e. The van der Waals surface area contributed by atoms with Crippen molar-refractivity contribution in [3.8, 4) is 17.2 Å². The van der Waals surface area contributed by atoms with Crippen LogP contribution < -0.4 is 10.1 Å². The van der Waals surface area contributed by atoms with Crippen LogP contribution in [0.2, 0.25) is 0 Å². The number of carboxylic acids is 1. The van der Waals surface area contributed by atoms with E-state index in [0.29, 0.717) is 22.3 Å². The SMILES string of the molecule is O=C(O)CNC(=O)c1ncc2cc(Oc3cccnc3)ccc2c1O. The highest BCUT2D eigenvalue weighted by Gasteiger charge is 2.16. The lowest BCUT2D eigenvalue weighted by atomic mass is 10.1. The Hall–Kier alpha value is -3.68. The maximum Gasteiger partial charge on any atom is 0.322 e. The van der Waals surface area contributed by atoms with Gasteiger partial charge in [0.2, 0.25) is 0 Å². The molecule has 3 aromatic rings. The summed E-state index contributed by atoms with van der Waals surface area (Å²) in [5.74, 6) is -1.20. The Morgan fingerprint density at radius 1 is 1.16 bits per heavy atom. The van der Waals surface area contributed by atoms with E-state index in [2.05, 4.69) is 15.3 Å². The summed E-state index contributed by atoms with van der Waals surface area (Å²) in [4.78, 5) is 30.3. The standard InChI is InChI=1S/C17H13N3O5/c21-14(22)9-20-17(24)15-16(23)13-4-3-11(6-10(13)7-19-15)25-12-2-1-5-18-8-12/h1-8,23H,9H2,(H,20,24)(H,21,22). The van der Waals surface area contributed by atoms with Crippen LogP contribution in [0.1, 0.15) is 10.5 Å². The fourth-order valence-electron chi connectivity index (χ4n) is 2.20. The zero-order valence-electron chi connectivity index (χ0n) is 12.8. The quantitative estimate of drug-likeness (QED) is 0.649. The van der Waals surface area contributed by atoms with Crippen molar-refractivity contribution in [2.24, 2.45) is 0 Å². The summed E-state index contributed by atoms with van der Waals surface area (Å²) in [6, 6.07) is 8.38. The molecule has 126 valence electrons. The molecule has 0 aliphatic heterocycles. The zero-order chi connectivity index (χ0) is 17.8. The second-order valence-electron chi connectivity index (χ2n) is 5.07. The molecule has 0 saturated carbocycles. The van der Waals surface area contributed by atoms with E-state index < -0.39 is 18.4 Å². The number of pyridine rings is 2. The van der Waals surface area contributed by atoms with Gasteiger partial charge in [-0.3, -0.25) is 14.6 Å². The predicted molar refractivity (Wildman–Crippen MR) is 87.7 cm³/mol. The molecule has 0 fully saturated rings. The van der Waals surface area contributed by atoms with Gasteiger partial charge in [-0.2, -0.15) is 0 Å². The molecule has 3 N–H and O–H groups in total. The second kappa shape index (κ2) is 6.83. The Labute approximate surface area is 141 Å². The average molecular weight is 339 g/mol. The number of carbonyl (C=O) groups is 2. The minimum atomic E-state index is -1.19. The first-order valence-corrected chi connectivity index (χ1v) is 7.24. The molecular formula is C17H13N3O5. The van der Waals surface area contributed by atoms with Crippen molar-refractivity contribution in [1.29, 1.82) is 0 Å². The molecular weight excluding hydrogens is 326 g/mol. The number of nitrogens with zero attached hydrogens (tertiary/aromatic N) is 2. The van der Waals surface area contributed by atoms with Crippen molar-refractivity contribution >= 4 is 22.6 Å². The minimum absolute atomic E-state index is 0.241. The van der Waals surface area contributed by atoms with E-state index in [-0.39, 0.29) is 11.4 Å². The summed E-state index contributed by atoms with van der Waals surface area (Å²) in [6.45, 7) is -0.560. The maximum atomic E-state index is 11.9. The van der Waals surface area contributed by atoms with Crippen molar-refractivity contribution in [1.82, 2.24) is 15.3 Å². The van der Waals surface area contributed by atoms with Gasteiger partial charge in [-0.15, -0.1) is 0 Å². The molecule has 3 rings (SSSR count). The number of nitrogens with one attached hydrogen (secondary N) is 1. The number of benzene rings is 1. The first-order chi connectivity index (χ1) is 12.0. The van der Waals surface area contributed by atoms with Gasteiger partial charge in [0.15, 0.2) is 11.4 Å². The fraction of sp³-hybridized carbons (Fsp3) is 0.0588. The van der Waals surface area contributed by atoms with Crippen LogP contribution in [0.15, 0.2) is 48.9 Å². The van der Waals surface area contributed by atoms with Gasteiger partial charge in [0.05, 0.1) is 6.20 Å². The lowest BCUT2D eigenvalue weighted by molar-refractivity contribution is -0.135. The monoisotopic (exact) mass is 339 g/mol. The molecule has 2 heterocycles. The molecule has 1 aromatic carbocycles. The largest absolute Gasteiger partial charge is 0.505 e. The van der Waals surface area contributed by atoms with E-state index >= 15 is 0 Å². The number of rotatable bonds is 5. The lowest BCUT2D eigenvalue weighted by Crippen LogP contribution is -2.29. The molecule has 0 atom stereocenters. The summed E-state index contributed by atoms with van der Waals surface area (Å²) < 4.78 is 5.65. The summed E-state index contributed by atoms with van der Waals surface area (Å²) in [7, 11) is 0. The number of carboxylic acid groups (broad SMARTS) is 1. The number of fused-ring (bicyclic) bond motifs is 1.